The van der Waals surface area contributed by atoms with Crippen molar-refractivity contribution in [3.05, 3.63) is 35.2 Å². The van der Waals surface area contributed by atoms with Gasteiger partial charge in [-0.1, -0.05) is 0 Å². The van der Waals surface area contributed by atoms with E-state index in [0.29, 0.717) is 10.7 Å². The van der Waals surface area contributed by atoms with E-state index in [1.54, 1.807) is 6.07 Å². The molecule has 3 heterocycles. The Labute approximate surface area is 118 Å². The van der Waals surface area contributed by atoms with Crippen molar-refractivity contribution in [1.29, 1.82) is 0 Å². The van der Waals surface area contributed by atoms with E-state index in [9.17, 15) is 14.7 Å². The molecule has 2 aromatic rings. The van der Waals surface area contributed by atoms with E-state index in [1.807, 2.05) is 11.4 Å². The molecule has 0 aromatic carbocycles. The van der Waals surface area contributed by atoms with Crippen molar-refractivity contribution in [3.8, 4) is 0 Å². The number of carboxylic acid groups (broad SMARTS) is 1. The summed E-state index contributed by atoms with van der Waals surface area (Å²) in [7, 11) is 0. The zero-order valence-corrected chi connectivity index (χ0v) is 11.2. The van der Waals surface area contributed by atoms with Crippen LogP contribution in [0, 0.1) is 0 Å². The molecule has 104 valence electrons. The Balaban J connectivity index is 1.82. The average Bonchev–Trinajstić information content (AvgIpc) is 3.06. The van der Waals surface area contributed by atoms with Crippen LogP contribution in [0.1, 0.15) is 11.4 Å². The van der Waals surface area contributed by atoms with Gasteiger partial charge in [-0.3, -0.25) is 5.32 Å². The Morgan fingerprint density at radius 2 is 2.40 bits per heavy atom. The number of rotatable bonds is 2. The number of hydrogen-bond donors (Lipinski definition) is 3. The van der Waals surface area contributed by atoms with Crippen molar-refractivity contribution in [2.24, 2.45) is 0 Å². The first-order valence-corrected chi connectivity index (χ1v) is 6.88. The summed E-state index contributed by atoms with van der Waals surface area (Å²) < 4.78 is 0. The minimum absolute atomic E-state index is 0.212. The highest BCUT2D eigenvalue weighted by Gasteiger charge is 2.36. The standard InChI is InChI=1S/C12H12N4O3S/c17-11(18)9-4-7-8(14-6-13-7)5-16(9)12(19)15-10-2-1-3-20-10/h1-3,6,9H,4-5H2,(H,13,14)(H,15,19)(H,17,18). The smallest absolute Gasteiger partial charge is 0.326 e. The number of imidazole rings is 1. The fourth-order valence-electron chi connectivity index (χ4n) is 2.20. The summed E-state index contributed by atoms with van der Waals surface area (Å²) in [5.41, 5.74) is 1.49. The number of thiophene rings is 1. The highest BCUT2D eigenvalue weighted by Crippen LogP contribution is 2.23. The van der Waals surface area contributed by atoms with Crippen molar-refractivity contribution in [1.82, 2.24) is 14.9 Å². The first kappa shape index (κ1) is 12.7. The number of amides is 2. The zero-order valence-electron chi connectivity index (χ0n) is 10.4. The number of hydrogen-bond acceptors (Lipinski definition) is 4. The second-order valence-electron chi connectivity index (χ2n) is 4.42. The van der Waals surface area contributed by atoms with Gasteiger partial charge in [-0.25, -0.2) is 14.6 Å². The van der Waals surface area contributed by atoms with Crippen LogP contribution in [0.15, 0.2) is 23.8 Å². The zero-order chi connectivity index (χ0) is 14.1. The van der Waals surface area contributed by atoms with Crippen LogP contribution in [0.5, 0.6) is 0 Å². The summed E-state index contributed by atoms with van der Waals surface area (Å²) in [6, 6.07) is 2.27. The van der Waals surface area contributed by atoms with E-state index in [1.165, 1.54) is 22.6 Å². The predicted octanol–water partition coefficient (Wildman–Crippen LogP) is 1.51. The van der Waals surface area contributed by atoms with Crippen LogP contribution in [-0.4, -0.2) is 38.0 Å². The quantitative estimate of drug-likeness (QED) is 0.781. The molecular weight excluding hydrogens is 280 g/mol. The molecule has 0 spiro atoms. The molecule has 0 saturated heterocycles. The summed E-state index contributed by atoms with van der Waals surface area (Å²) >= 11 is 1.39. The van der Waals surface area contributed by atoms with Crippen LogP contribution in [0.3, 0.4) is 0 Å². The number of aliphatic carboxylic acids is 1. The number of urea groups is 1. The lowest BCUT2D eigenvalue weighted by atomic mass is 10.0. The topological polar surface area (TPSA) is 98.3 Å². The first-order chi connectivity index (χ1) is 9.65. The third-order valence-electron chi connectivity index (χ3n) is 3.20. The second-order valence-corrected chi connectivity index (χ2v) is 5.37. The summed E-state index contributed by atoms with van der Waals surface area (Å²) in [6.45, 7) is 0.212. The third kappa shape index (κ3) is 2.25. The van der Waals surface area contributed by atoms with Gasteiger partial charge in [0.05, 0.1) is 29.3 Å². The number of aromatic amines is 1. The lowest BCUT2D eigenvalue weighted by molar-refractivity contribution is -0.142. The number of carbonyl (C=O) groups is 2. The van der Waals surface area contributed by atoms with Crippen LogP contribution in [0.25, 0.3) is 0 Å². The Morgan fingerprint density at radius 3 is 3.10 bits per heavy atom. The summed E-state index contributed by atoms with van der Waals surface area (Å²) in [4.78, 5) is 31.9. The predicted molar refractivity (Wildman–Crippen MR) is 72.6 cm³/mol. The highest BCUT2D eigenvalue weighted by molar-refractivity contribution is 7.14. The van der Waals surface area contributed by atoms with Gasteiger partial charge in [0.1, 0.15) is 6.04 Å². The van der Waals surface area contributed by atoms with Gasteiger partial charge in [0.25, 0.3) is 0 Å². The number of anilines is 1. The number of carbonyl (C=O) groups excluding carboxylic acids is 1. The van der Waals surface area contributed by atoms with Crippen molar-refractivity contribution < 1.29 is 14.7 Å². The van der Waals surface area contributed by atoms with E-state index < -0.39 is 18.0 Å². The van der Waals surface area contributed by atoms with Gasteiger partial charge in [0.2, 0.25) is 0 Å². The van der Waals surface area contributed by atoms with Gasteiger partial charge in [0.15, 0.2) is 0 Å². The molecule has 3 rings (SSSR count). The largest absolute Gasteiger partial charge is 0.480 e. The summed E-state index contributed by atoms with van der Waals surface area (Å²) in [5.74, 6) is -1.03. The van der Waals surface area contributed by atoms with Crippen LogP contribution in [0.2, 0.25) is 0 Å². The molecule has 3 N–H and O–H groups in total. The van der Waals surface area contributed by atoms with Crippen molar-refractivity contribution >= 4 is 28.3 Å². The molecule has 8 heteroatoms. The molecule has 0 saturated carbocycles. The second kappa shape index (κ2) is 4.97. The molecule has 1 aliphatic heterocycles. The van der Waals surface area contributed by atoms with E-state index in [-0.39, 0.29) is 13.0 Å². The van der Waals surface area contributed by atoms with E-state index >= 15 is 0 Å². The van der Waals surface area contributed by atoms with Crippen molar-refractivity contribution in [2.75, 3.05) is 5.32 Å². The molecular formula is C12H12N4O3S. The lowest BCUT2D eigenvalue weighted by Gasteiger charge is -2.32. The molecule has 1 aliphatic rings. The number of fused-ring (bicyclic) bond motifs is 1. The lowest BCUT2D eigenvalue weighted by Crippen LogP contribution is -2.50. The number of aromatic nitrogens is 2. The number of nitrogens with zero attached hydrogens (tertiary/aromatic N) is 2. The number of H-pyrrole nitrogens is 1. The number of nitrogens with one attached hydrogen (secondary N) is 2. The molecule has 0 aliphatic carbocycles. The molecule has 2 aromatic heterocycles. The highest BCUT2D eigenvalue weighted by atomic mass is 32.1. The van der Waals surface area contributed by atoms with Gasteiger partial charge in [-0.2, -0.15) is 0 Å². The first-order valence-electron chi connectivity index (χ1n) is 6.00. The Morgan fingerprint density at radius 1 is 1.55 bits per heavy atom. The molecule has 20 heavy (non-hydrogen) atoms. The Kier molecular flexibility index (Phi) is 3.15. The van der Waals surface area contributed by atoms with Gasteiger partial charge >= 0.3 is 12.0 Å². The molecule has 1 unspecified atom stereocenters. The maximum absolute atomic E-state index is 12.2. The normalized spacial score (nSPS) is 17.6. The van der Waals surface area contributed by atoms with Gasteiger partial charge in [0, 0.05) is 6.42 Å². The van der Waals surface area contributed by atoms with E-state index in [2.05, 4.69) is 15.3 Å². The molecule has 7 nitrogen and oxygen atoms in total. The fourth-order valence-corrected chi connectivity index (χ4v) is 2.80. The Hall–Kier alpha value is -2.35. The maximum atomic E-state index is 12.2. The molecule has 0 radical (unpaired) electrons. The SMILES string of the molecule is O=C(O)C1Cc2nc[nH]c2CN1C(=O)Nc1cccs1. The van der Waals surface area contributed by atoms with Gasteiger partial charge < -0.3 is 15.0 Å². The van der Waals surface area contributed by atoms with Crippen molar-refractivity contribution in [3.63, 3.8) is 0 Å². The van der Waals surface area contributed by atoms with Crippen LogP contribution in [0.4, 0.5) is 9.80 Å². The minimum Gasteiger partial charge on any atom is -0.480 e. The third-order valence-corrected chi connectivity index (χ3v) is 3.98. The van der Waals surface area contributed by atoms with Gasteiger partial charge in [-0.05, 0) is 17.5 Å². The van der Waals surface area contributed by atoms with E-state index in [0.717, 1.165) is 5.69 Å². The fraction of sp³-hybridized carbons (Fsp3) is 0.250. The molecule has 0 bridgehead atoms. The molecule has 0 fully saturated rings. The number of carboxylic acids is 1. The summed E-state index contributed by atoms with van der Waals surface area (Å²) in [6.07, 6.45) is 1.73. The molecule has 2 amide bonds. The minimum atomic E-state index is -1.03. The van der Waals surface area contributed by atoms with Crippen molar-refractivity contribution in [2.45, 2.75) is 19.0 Å². The van der Waals surface area contributed by atoms with E-state index in [4.69, 9.17) is 0 Å². The average molecular weight is 292 g/mol. The van der Waals surface area contributed by atoms with Crippen LogP contribution >= 0.6 is 11.3 Å². The maximum Gasteiger partial charge on any atom is 0.326 e. The van der Waals surface area contributed by atoms with Crippen LogP contribution < -0.4 is 5.32 Å². The summed E-state index contributed by atoms with van der Waals surface area (Å²) in [5, 5.41) is 14.5. The van der Waals surface area contributed by atoms with Crippen LogP contribution in [-0.2, 0) is 17.8 Å². The molecule has 1 atom stereocenters. The monoisotopic (exact) mass is 292 g/mol. The van der Waals surface area contributed by atoms with Gasteiger partial charge in [-0.15, -0.1) is 11.3 Å². The Bertz CT molecular complexity index is 637.